The number of aromatic nitrogens is 1. The van der Waals surface area contributed by atoms with Crippen molar-refractivity contribution < 1.29 is 53.8 Å². The Bertz CT molecular complexity index is 1980. The minimum Gasteiger partial charge on any atom is -0.741 e. The van der Waals surface area contributed by atoms with Gasteiger partial charge in [-0.1, -0.05) is 37.6 Å². The summed E-state index contributed by atoms with van der Waals surface area (Å²) in [6.45, 7) is 1.59. The van der Waals surface area contributed by atoms with Gasteiger partial charge in [-0.2, -0.15) is 17.7 Å². The van der Waals surface area contributed by atoms with E-state index >= 15 is 0 Å². The third-order valence-corrected chi connectivity index (χ3v) is 8.82. The number of nitro benzene ring substituents is 2. The molecule has 0 aliphatic heterocycles. The summed E-state index contributed by atoms with van der Waals surface area (Å²) in [5, 5.41) is 23.9. The summed E-state index contributed by atoms with van der Waals surface area (Å²) in [6.07, 6.45) is 0.856. The Kier molecular flexibility index (Phi) is 10.1. The molecular weight excluding hydrogens is 649 g/mol. The average molecular weight is 673 g/mol. The Morgan fingerprint density at radius 1 is 0.889 bits per heavy atom. The first-order valence-corrected chi connectivity index (χ1v) is 15.5. The molecule has 0 saturated heterocycles. The number of nitrogens with zero attached hydrogens (tertiary/aromatic N) is 4. The second kappa shape index (κ2) is 13.1. The van der Waals surface area contributed by atoms with Gasteiger partial charge in [0.25, 0.3) is 27.3 Å². The number of nitro groups is 2. The number of sulfonamides is 1. The topological polar surface area (TPSA) is 202 Å². The standard InChI is InChI=1S/C25H23N4O7S.CHF3O3S/c1-3-4-15-27(37(35,36)23-14-13-17(28(31)32)16-22(23)29(33)34)25(30)24-18-9-5-7-11-20(18)26(2)21-12-8-6-10-19(21)24;2-1(3,4)8(5,6)7/h5-14,16H,3-4,15H2,1-2H3;(H,5,6,7)/q+1;/p-1. The first-order chi connectivity index (χ1) is 20.8. The quantitative estimate of drug-likeness (QED) is 0.0648. The van der Waals surface area contributed by atoms with E-state index in [-0.39, 0.29) is 12.1 Å². The third-order valence-electron chi connectivity index (χ3n) is 6.43. The van der Waals surface area contributed by atoms with Gasteiger partial charge in [0.2, 0.25) is 11.0 Å². The van der Waals surface area contributed by atoms with Crippen LogP contribution in [0.15, 0.2) is 71.6 Å². The number of hydrogen-bond acceptors (Lipinski definition) is 10. The Hall–Kier alpha value is -4.75. The van der Waals surface area contributed by atoms with Gasteiger partial charge in [0, 0.05) is 24.7 Å². The molecule has 3 aromatic carbocycles. The first-order valence-electron chi connectivity index (χ1n) is 12.7. The van der Waals surface area contributed by atoms with Gasteiger partial charge in [0.1, 0.15) is 7.05 Å². The molecule has 0 bridgehead atoms. The number of hydrogen-bond donors (Lipinski definition) is 0. The number of halogens is 3. The van der Waals surface area contributed by atoms with Gasteiger partial charge in [-0.05, 0) is 24.6 Å². The number of aryl methyl sites for hydroxylation is 1. The number of para-hydroxylation sites is 2. The van der Waals surface area contributed by atoms with Crippen molar-refractivity contribution in [3.05, 3.63) is 92.5 Å². The van der Waals surface area contributed by atoms with E-state index in [0.29, 0.717) is 45.0 Å². The lowest BCUT2D eigenvalue weighted by atomic mass is 10.0. The van der Waals surface area contributed by atoms with Gasteiger partial charge < -0.3 is 4.55 Å². The fourth-order valence-electron chi connectivity index (χ4n) is 4.32. The molecule has 0 aliphatic rings. The van der Waals surface area contributed by atoms with Crippen molar-refractivity contribution in [2.24, 2.45) is 7.05 Å². The van der Waals surface area contributed by atoms with Crippen LogP contribution in [-0.2, 0) is 27.2 Å². The highest BCUT2D eigenvalue weighted by molar-refractivity contribution is 7.89. The highest BCUT2D eigenvalue weighted by Gasteiger charge is 2.38. The molecule has 4 aromatic rings. The number of amides is 1. The Balaban J connectivity index is 0.000000610. The van der Waals surface area contributed by atoms with E-state index in [0.717, 1.165) is 12.1 Å². The summed E-state index contributed by atoms with van der Waals surface area (Å²) in [6, 6.07) is 16.4. The lowest BCUT2D eigenvalue weighted by molar-refractivity contribution is -0.617. The number of rotatable bonds is 8. The van der Waals surface area contributed by atoms with E-state index in [2.05, 4.69) is 0 Å². The van der Waals surface area contributed by atoms with Crippen molar-refractivity contribution in [3.63, 3.8) is 0 Å². The molecular formula is C26H23F3N4O10S2. The highest BCUT2D eigenvalue weighted by Crippen LogP contribution is 2.33. The van der Waals surface area contributed by atoms with Crippen molar-refractivity contribution in [3.8, 4) is 0 Å². The van der Waals surface area contributed by atoms with Crippen LogP contribution in [-0.4, -0.2) is 53.5 Å². The molecule has 0 spiro atoms. The normalized spacial score (nSPS) is 12.0. The maximum Gasteiger partial charge on any atom is 0.485 e. The predicted molar refractivity (Wildman–Crippen MR) is 151 cm³/mol. The molecule has 1 heterocycles. The van der Waals surface area contributed by atoms with Crippen molar-refractivity contribution in [1.29, 1.82) is 0 Å². The molecule has 4 rings (SSSR count). The van der Waals surface area contributed by atoms with Crippen molar-refractivity contribution >= 4 is 59.2 Å². The Morgan fingerprint density at radius 2 is 1.38 bits per heavy atom. The number of alkyl halides is 3. The van der Waals surface area contributed by atoms with Gasteiger partial charge in [0.15, 0.2) is 15.0 Å². The van der Waals surface area contributed by atoms with E-state index in [4.69, 9.17) is 13.0 Å². The minimum absolute atomic E-state index is 0.147. The molecule has 14 nitrogen and oxygen atoms in total. The monoisotopic (exact) mass is 672 g/mol. The number of benzene rings is 3. The lowest BCUT2D eigenvalue weighted by Gasteiger charge is -2.23. The zero-order valence-electron chi connectivity index (χ0n) is 23.3. The van der Waals surface area contributed by atoms with E-state index in [1.165, 1.54) is 0 Å². The molecule has 0 fully saturated rings. The molecule has 1 aromatic heterocycles. The molecule has 0 unspecified atom stereocenters. The first kappa shape index (κ1) is 34.7. The van der Waals surface area contributed by atoms with Gasteiger partial charge in [-0.3, -0.25) is 25.0 Å². The summed E-state index contributed by atoms with van der Waals surface area (Å²) in [5.74, 6) is -0.839. The second-order valence-electron chi connectivity index (χ2n) is 9.27. The number of fused-ring (bicyclic) bond motifs is 2. The summed E-state index contributed by atoms with van der Waals surface area (Å²) < 4.78 is 89.1. The number of non-ortho nitro benzene ring substituents is 1. The van der Waals surface area contributed by atoms with Crippen LogP contribution in [0.5, 0.6) is 0 Å². The van der Waals surface area contributed by atoms with Crippen LogP contribution in [0.1, 0.15) is 30.1 Å². The summed E-state index contributed by atoms with van der Waals surface area (Å²) in [5.41, 5.74) is -5.72. The van der Waals surface area contributed by atoms with Crippen LogP contribution >= 0.6 is 0 Å². The molecule has 240 valence electrons. The number of carbonyl (C=O) groups is 1. The summed E-state index contributed by atoms with van der Waals surface area (Å²) in [7, 11) is -9.03. The van der Waals surface area contributed by atoms with E-state index < -0.39 is 57.7 Å². The van der Waals surface area contributed by atoms with Crippen molar-refractivity contribution in [2.45, 2.75) is 30.2 Å². The molecule has 45 heavy (non-hydrogen) atoms. The van der Waals surface area contributed by atoms with Crippen LogP contribution in [0.2, 0.25) is 0 Å². The third kappa shape index (κ3) is 7.15. The predicted octanol–water partition coefficient (Wildman–Crippen LogP) is 4.32. The summed E-state index contributed by atoms with van der Waals surface area (Å²) in [4.78, 5) is 34.3. The van der Waals surface area contributed by atoms with Crippen LogP contribution in [0.25, 0.3) is 21.8 Å². The van der Waals surface area contributed by atoms with Gasteiger partial charge in [-0.15, -0.1) is 0 Å². The lowest BCUT2D eigenvalue weighted by Crippen LogP contribution is -2.39. The van der Waals surface area contributed by atoms with Gasteiger partial charge >= 0.3 is 5.51 Å². The maximum atomic E-state index is 14.1. The smallest absolute Gasteiger partial charge is 0.485 e. The average Bonchev–Trinajstić information content (AvgIpc) is 2.96. The van der Waals surface area contributed by atoms with E-state index in [1.54, 1.807) is 36.4 Å². The molecule has 0 radical (unpaired) electrons. The largest absolute Gasteiger partial charge is 0.741 e. The highest BCUT2D eigenvalue weighted by atomic mass is 32.2. The van der Waals surface area contributed by atoms with E-state index in [9.17, 15) is 46.6 Å². The number of carbonyl (C=O) groups excluding carboxylic acids is 1. The zero-order valence-corrected chi connectivity index (χ0v) is 24.9. The fraction of sp³-hybridized carbons (Fsp3) is 0.231. The molecule has 19 heteroatoms. The fourth-order valence-corrected chi connectivity index (χ4v) is 5.87. The number of pyridine rings is 1. The molecule has 0 aliphatic carbocycles. The van der Waals surface area contributed by atoms with Crippen LogP contribution in [0.3, 0.4) is 0 Å². The molecule has 0 atom stereocenters. The van der Waals surface area contributed by atoms with Crippen molar-refractivity contribution in [1.82, 2.24) is 4.31 Å². The van der Waals surface area contributed by atoms with Crippen LogP contribution in [0.4, 0.5) is 24.5 Å². The van der Waals surface area contributed by atoms with Gasteiger partial charge in [0.05, 0.1) is 32.2 Å². The Labute approximate surface area is 253 Å². The van der Waals surface area contributed by atoms with Crippen molar-refractivity contribution in [2.75, 3.05) is 6.54 Å². The maximum absolute atomic E-state index is 14.1. The Morgan fingerprint density at radius 3 is 1.80 bits per heavy atom. The number of unbranched alkanes of at least 4 members (excludes halogenated alkanes) is 1. The molecule has 0 N–H and O–H groups in total. The molecule has 0 saturated carbocycles. The van der Waals surface area contributed by atoms with E-state index in [1.807, 2.05) is 30.7 Å². The van der Waals surface area contributed by atoms with Crippen LogP contribution in [0, 0.1) is 20.2 Å². The SMILES string of the molecule is CCCCN(C(=O)c1c2ccccc2[n+](C)c2ccccc12)S(=O)(=O)c1ccc([N+](=O)[O-])cc1[N+](=O)[O-].O=S(=O)([O-])C(F)(F)F. The van der Waals surface area contributed by atoms with Gasteiger partial charge in [-0.25, -0.2) is 21.1 Å². The minimum atomic E-state index is -6.09. The zero-order chi connectivity index (χ0) is 33.9. The molecule has 1 amide bonds. The van der Waals surface area contributed by atoms with Crippen LogP contribution < -0.4 is 4.57 Å². The summed E-state index contributed by atoms with van der Waals surface area (Å²) >= 11 is 0. The second-order valence-corrected chi connectivity index (χ2v) is 12.5.